The lowest BCUT2D eigenvalue weighted by Crippen LogP contribution is -2.13. The summed E-state index contributed by atoms with van der Waals surface area (Å²) in [5, 5.41) is 13.6. The molecule has 2 N–H and O–H groups in total. The van der Waals surface area contributed by atoms with E-state index in [-0.39, 0.29) is 11.7 Å². The molecule has 2 aliphatic rings. The molecule has 1 atom stereocenters. The first-order chi connectivity index (χ1) is 10.1. The van der Waals surface area contributed by atoms with Gasteiger partial charge in [0.15, 0.2) is 0 Å². The zero-order valence-electron chi connectivity index (χ0n) is 11.0. The monoisotopic (exact) mass is 301 g/mol. The number of anilines is 1. The van der Waals surface area contributed by atoms with Gasteiger partial charge in [-0.15, -0.1) is 0 Å². The average molecular weight is 302 g/mol. The lowest BCUT2D eigenvalue weighted by Gasteiger charge is -2.14. The summed E-state index contributed by atoms with van der Waals surface area (Å²) in [7, 11) is 0. The van der Waals surface area contributed by atoms with Crippen LogP contribution in [-0.4, -0.2) is 17.6 Å². The lowest BCUT2D eigenvalue weighted by atomic mass is 9.90. The van der Waals surface area contributed by atoms with Crippen LogP contribution in [0, 0.1) is 0 Å². The summed E-state index contributed by atoms with van der Waals surface area (Å²) in [5.74, 6) is -0.00975. The minimum atomic E-state index is -0.584. The first-order valence-corrected chi connectivity index (χ1v) is 7.11. The third-order valence-corrected chi connectivity index (χ3v) is 4.34. The highest BCUT2D eigenvalue weighted by Crippen LogP contribution is 2.45. The predicted molar refractivity (Wildman–Crippen MR) is 79.2 cm³/mol. The van der Waals surface area contributed by atoms with E-state index in [4.69, 9.17) is 16.3 Å². The summed E-state index contributed by atoms with van der Waals surface area (Å²) >= 11 is 6.25. The van der Waals surface area contributed by atoms with Crippen molar-refractivity contribution in [3.05, 3.63) is 52.0 Å². The molecule has 21 heavy (non-hydrogen) atoms. The number of phenolic OH excluding ortho intramolecular Hbond substituents is 1. The first-order valence-electron chi connectivity index (χ1n) is 6.73. The van der Waals surface area contributed by atoms with Crippen molar-refractivity contribution in [2.24, 2.45) is 0 Å². The number of fused-ring (bicyclic) bond motifs is 2. The second kappa shape index (κ2) is 4.40. The van der Waals surface area contributed by atoms with Crippen molar-refractivity contribution >= 4 is 23.2 Å². The minimum absolute atomic E-state index is 0.0589. The Hall–Kier alpha value is -2.20. The van der Waals surface area contributed by atoms with Crippen LogP contribution in [-0.2, 0) is 11.2 Å². The number of hydrogen-bond donors (Lipinski definition) is 2. The van der Waals surface area contributed by atoms with Gasteiger partial charge in [-0.3, -0.25) is 4.79 Å². The van der Waals surface area contributed by atoms with Crippen LogP contribution in [0.1, 0.15) is 22.6 Å². The van der Waals surface area contributed by atoms with Crippen molar-refractivity contribution in [3.8, 4) is 11.5 Å². The van der Waals surface area contributed by atoms with Crippen molar-refractivity contribution < 1.29 is 14.6 Å². The molecule has 4 nitrogen and oxygen atoms in total. The fourth-order valence-electron chi connectivity index (χ4n) is 3.04. The molecule has 0 bridgehead atoms. The minimum Gasteiger partial charge on any atom is -0.507 e. The number of ether oxygens (including phenoxy) is 1. The Morgan fingerprint density at radius 2 is 2.19 bits per heavy atom. The van der Waals surface area contributed by atoms with Crippen LogP contribution in [0.2, 0.25) is 5.02 Å². The molecule has 5 heteroatoms. The van der Waals surface area contributed by atoms with Crippen LogP contribution in [0.25, 0.3) is 0 Å². The molecular weight excluding hydrogens is 290 g/mol. The highest BCUT2D eigenvalue weighted by Gasteiger charge is 2.36. The molecule has 0 aromatic heterocycles. The fourth-order valence-corrected chi connectivity index (χ4v) is 3.32. The van der Waals surface area contributed by atoms with Crippen molar-refractivity contribution in [1.29, 1.82) is 0 Å². The molecule has 1 unspecified atom stereocenters. The molecule has 0 spiro atoms. The van der Waals surface area contributed by atoms with Crippen molar-refractivity contribution in [2.75, 3.05) is 11.9 Å². The van der Waals surface area contributed by atoms with E-state index < -0.39 is 5.92 Å². The third kappa shape index (κ3) is 1.79. The summed E-state index contributed by atoms with van der Waals surface area (Å²) < 4.78 is 5.43. The number of halogens is 1. The third-order valence-electron chi connectivity index (χ3n) is 4.01. The van der Waals surface area contributed by atoms with Crippen LogP contribution in [0.15, 0.2) is 30.3 Å². The van der Waals surface area contributed by atoms with E-state index >= 15 is 0 Å². The second-order valence-electron chi connectivity index (χ2n) is 5.24. The number of phenols is 1. The fraction of sp³-hybridized carbons (Fsp3) is 0.188. The largest absolute Gasteiger partial charge is 0.507 e. The van der Waals surface area contributed by atoms with Gasteiger partial charge in [-0.1, -0.05) is 17.7 Å². The molecule has 4 rings (SSSR count). The average Bonchev–Trinajstić information content (AvgIpc) is 3.01. The molecular formula is C16H12ClNO3. The standard InChI is InChI=1S/C16H12ClNO3/c17-10-2-1-3-11-15(10)14(16(20)18-11)9-6-8-4-5-21-13(8)7-12(9)19/h1-3,6-7,14,19H,4-5H2,(H,18,20). The summed E-state index contributed by atoms with van der Waals surface area (Å²) in [6.07, 6.45) is 0.784. The molecule has 2 aliphatic heterocycles. The molecule has 2 aromatic rings. The van der Waals surface area contributed by atoms with E-state index in [1.807, 2.05) is 12.1 Å². The Bertz CT molecular complexity index is 772. The number of aromatic hydroxyl groups is 1. The van der Waals surface area contributed by atoms with Gasteiger partial charge in [-0.2, -0.15) is 0 Å². The molecule has 1 amide bonds. The highest BCUT2D eigenvalue weighted by atomic mass is 35.5. The number of nitrogens with one attached hydrogen (secondary N) is 1. The normalized spacial score (nSPS) is 18.9. The van der Waals surface area contributed by atoms with Crippen molar-refractivity contribution in [1.82, 2.24) is 0 Å². The van der Waals surface area contributed by atoms with Gasteiger partial charge in [-0.25, -0.2) is 0 Å². The molecule has 0 saturated carbocycles. The van der Waals surface area contributed by atoms with Gasteiger partial charge in [-0.05, 0) is 23.8 Å². The quantitative estimate of drug-likeness (QED) is 0.851. The lowest BCUT2D eigenvalue weighted by molar-refractivity contribution is -0.116. The Labute approximate surface area is 126 Å². The molecule has 2 heterocycles. The van der Waals surface area contributed by atoms with Gasteiger partial charge in [0.25, 0.3) is 0 Å². The van der Waals surface area contributed by atoms with Gasteiger partial charge < -0.3 is 15.2 Å². The zero-order valence-corrected chi connectivity index (χ0v) is 11.8. The van der Waals surface area contributed by atoms with Gasteiger partial charge in [0.2, 0.25) is 5.91 Å². The van der Waals surface area contributed by atoms with Crippen LogP contribution >= 0.6 is 11.6 Å². The van der Waals surface area contributed by atoms with Gasteiger partial charge >= 0.3 is 0 Å². The first kappa shape index (κ1) is 12.5. The molecule has 0 radical (unpaired) electrons. The molecule has 0 saturated heterocycles. The SMILES string of the molecule is O=C1Nc2cccc(Cl)c2C1c1cc2c(cc1O)OCC2. The maximum atomic E-state index is 12.3. The van der Waals surface area contributed by atoms with E-state index in [0.717, 1.165) is 17.5 Å². The number of benzene rings is 2. The molecule has 106 valence electrons. The Morgan fingerprint density at radius 1 is 1.33 bits per heavy atom. The number of hydrogen-bond acceptors (Lipinski definition) is 3. The van der Waals surface area contributed by atoms with Crippen LogP contribution < -0.4 is 10.1 Å². The maximum Gasteiger partial charge on any atom is 0.236 e. The van der Waals surface area contributed by atoms with Gasteiger partial charge in [0.05, 0.1) is 12.5 Å². The van der Waals surface area contributed by atoms with E-state index in [9.17, 15) is 9.90 Å². The number of carbonyl (C=O) groups excluding carboxylic acids is 1. The maximum absolute atomic E-state index is 12.3. The smallest absolute Gasteiger partial charge is 0.236 e. The van der Waals surface area contributed by atoms with Crippen molar-refractivity contribution in [3.63, 3.8) is 0 Å². The van der Waals surface area contributed by atoms with E-state index in [1.165, 1.54) is 0 Å². The Kier molecular flexibility index (Phi) is 2.62. The van der Waals surface area contributed by atoms with E-state index in [2.05, 4.69) is 5.32 Å². The Balaban J connectivity index is 1.91. The zero-order chi connectivity index (χ0) is 14.6. The Morgan fingerprint density at radius 3 is 3.05 bits per heavy atom. The van der Waals surface area contributed by atoms with Crippen LogP contribution in [0.3, 0.4) is 0 Å². The summed E-state index contributed by atoms with van der Waals surface area (Å²) in [4.78, 5) is 12.3. The van der Waals surface area contributed by atoms with Gasteiger partial charge in [0.1, 0.15) is 11.5 Å². The highest BCUT2D eigenvalue weighted by molar-refractivity contribution is 6.33. The molecule has 0 aliphatic carbocycles. The topological polar surface area (TPSA) is 58.6 Å². The number of rotatable bonds is 1. The van der Waals surface area contributed by atoms with Gasteiger partial charge in [0, 0.05) is 34.3 Å². The molecule has 0 fully saturated rings. The number of amides is 1. The number of carbonyl (C=O) groups is 1. The summed E-state index contributed by atoms with van der Waals surface area (Å²) in [6, 6.07) is 8.79. The van der Waals surface area contributed by atoms with Crippen molar-refractivity contribution in [2.45, 2.75) is 12.3 Å². The van der Waals surface area contributed by atoms with Crippen LogP contribution in [0.4, 0.5) is 5.69 Å². The predicted octanol–water partition coefficient (Wildman–Crippen LogP) is 3.06. The van der Waals surface area contributed by atoms with E-state index in [0.29, 0.717) is 28.6 Å². The summed E-state index contributed by atoms with van der Waals surface area (Å²) in [5.41, 5.74) is 3.01. The van der Waals surface area contributed by atoms with Crippen LogP contribution in [0.5, 0.6) is 11.5 Å². The molecule has 2 aromatic carbocycles. The van der Waals surface area contributed by atoms with E-state index in [1.54, 1.807) is 18.2 Å². The second-order valence-corrected chi connectivity index (χ2v) is 5.65. The summed E-state index contributed by atoms with van der Waals surface area (Å²) in [6.45, 7) is 0.604.